The third kappa shape index (κ3) is 2.01. The molecule has 0 aromatic rings. The molecule has 4 heteroatoms. The maximum absolute atomic E-state index is 10.8. The van der Waals surface area contributed by atoms with E-state index >= 15 is 0 Å². The fraction of sp³-hybridized carbons (Fsp3) is 1.00. The largest absolute Gasteiger partial charge is 0.388 e. The first-order valence-corrected chi connectivity index (χ1v) is 6.83. The molecule has 0 amide bonds. The van der Waals surface area contributed by atoms with Crippen molar-refractivity contribution in [1.29, 1.82) is 0 Å². The van der Waals surface area contributed by atoms with Crippen LogP contribution in [0.4, 0.5) is 0 Å². The summed E-state index contributed by atoms with van der Waals surface area (Å²) in [6, 6.07) is 0. The smallest absolute Gasteiger partial charge is 0.0940 e. The van der Waals surface area contributed by atoms with Crippen molar-refractivity contribution in [3.63, 3.8) is 0 Å². The molecule has 17 heavy (non-hydrogen) atoms. The highest BCUT2D eigenvalue weighted by Crippen LogP contribution is 2.49. The van der Waals surface area contributed by atoms with Crippen molar-refractivity contribution in [3.05, 3.63) is 0 Å². The molecule has 3 atom stereocenters. The van der Waals surface area contributed by atoms with Crippen LogP contribution in [0.25, 0.3) is 0 Å². The average Bonchev–Trinajstić information content (AvgIpc) is 3.13. The Hall–Kier alpha value is -0.160. The van der Waals surface area contributed by atoms with Gasteiger partial charge >= 0.3 is 0 Å². The van der Waals surface area contributed by atoms with Gasteiger partial charge in [-0.15, -0.1) is 0 Å². The Bertz CT molecular complexity index is 286. The van der Waals surface area contributed by atoms with Crippen LogP contribution in [0, 0.1) is 11.8 Å². The molecule has 98 valence electrons. The van der Waals surface area contributed by atoms with Gasteiger partial charge in [0, 0.05) is 26.2 Å². The monoisotopic (exact) mass is 241 g/mol. The van der Waals surface area contributed by atoms with Gasteiger partial charge in [-0.1, -0.05) is 0 Å². The zero-order valence-corrected chi connectivity index (χ0v) is 10.4. The zero-order chi connectivity index (χ0) is 11.9. The fourth-order valence-corrected chi connectivity index (χ4v) is 3.57. The molecular weight excluding hydrogens is 218 g/mol. The van der Waals surface area contributed by atoms with Gasteiger partial charge in [0.05, 0.1) is 17.8 Å². The van der Waals surface area contributed by atoms with Crippen molar-refractivity contribution in [3.8, 4) is 0 Å². The van der Waals surface area contributed by atoms with Gasteiger partial charge in [-0.3, -0.25) is 0 Å². The number of hydrogen-bond acceptors (Lipinski definition) is 4. The fourth-order valence-electron chi connectivity index (χ4n) is 3.57. The summed E-state index contributed by atoms with van der Waals surface area (Å²) in [7, 11) is 0. The molecule has 0 aromatic heterocycles. The van der Waals surface area contributed by atoms with E-state index in [1.807, 2.05) is 0 Å². The average molecular weight is 241 g/mol. The van der Waals surface area contributed by atoms with Gasteiger partial charge in [-0.25, -0.2) is 0 Å². The van der Waals surface area contributed by atoms with E-state index in [-0.39, 0.29) is 11.5 Å². The summed E-state index contributed by atoms with van der Waals surface area (Å²) in [6.07, 6.45) is 5.08. The number of aliphatic hydroxyl groups is 1. The maximum atomic E-state index is 10.8. The maximum Gasteiger partial charge on any atom is 0.0940 e. The summed E-state index contributed by atoms with van der Waals surface area (Å²) in [5.41, 5.74) is 5.07. The molecule has 3 unspecified atom stereocenters. The van der Waals surface area contributed by atoms with Crippen molar-refractivity contribution in [2.75, 3.05) is 26.4 Å². The lowest BCUT2D eigenvalue weighted by atomic mass is 9.73. The second kappa shape index (κ2) is 4.19. The van der Waals surface area contributed by atoms with Gasteiger partial charge in [0.25, 0.3) is 0 Å². The van der Waals surface area contributed by atoms with Crippen molar-refractivity contribution < 1.29 is 14.6 Å². The van der Waals surface area contributed by atoms with Crippen LogP contribution in [0.3, 0.4) is 0 Å². The van der Waals surface area contributed by atoms with Crippen molar-refractivity contribution >= 4 is 0 Å². The summed E-state index contributed by atoms with van der Waals surface area (Å²) in [5, 5.41) is 10.8. The van der Waals surface area contributed by atoms with E-state index in [1.165, 1.54) is 0 Å². The second-order valence-corrected chi connectivity index (χ2v) is 5.99. The summed E-state index contributed by atoms with van der Waals surface area (Å²) in [6.45, 7) is 2.61. The van der Waals surface area contributed by atoms with Crippen molar-refractivity contribution in [1.82, 2.24) is 0 Å². The van der Waals surface area contributed by atoms with Crippen LogP contribution in [0.5, 0.6) is 0 Å². The highest BCUT2D eigenvalue weighted by molar-refractivity contribution is 5.04. The second-order valence-electron chi connectivity index (χ2n) is 5.99. The minimum atomic E-state index is -0.653. The zero-order valence-electron chi connectivity index (χ0n) is 10.4. The van der Waals surface area contributed by atoms with Gasteiger partial charge in [0.15, 0.2) is 0 Å². The summed E-state index contributed by atoms with van der Waals surface area (Å²) in [4.78, 5) is 0. The summed E-state index contributed by atoms with van der Waals surface area (Å²) >= 11 is 0. The standard InChI is InChI=1S/C13H23NO3/c14-8-13(15,10-1-2-10)11-3-5-17-12(7-11)4-6-16-9-12/h10-11,15H,1-9,14H2. The number of ether oxygens (including phenoxy) is 2. The molecule has 1 spiro atoms. The Morgan fingerprint density at radius 3 is 2.65 bits per heavy atom. The van der Waals surface area contributed by atoms with Gasteiger partial charge < -0.3 is 20.3 Å². The molecule has 3 N–H and O–H groups in total. The van der Waals surface area contributed by atoms with E-state index in [0.29, 0.717) is 19.1 Å². The Balaban J connectivity index is 1.74. The van der Waals surface area contributed by atoms with Crippen LogP contribution in [0.1, 0.15) is 32.1 Å². The molecule has 2 aliphatic heterocycles. The molecule has 4 nitrogen and oxygen atoms in total. The first kappa shape index (κ1) is 11.9. The van der Waals surface area contributed by atoms with Crippen molar-refractivity contribution in [2.45, 2.75) is 43.3 Å². The van der Waals surface area contributed by atoms with E-state index in [4.69, 9.17) is 15.2 Å². The van der Waals surface area contributed by atoms with Gasteiger partial charge in [-0.05, 0) is 37.5 Å². The number of rotatable bonds is 3. The minimum absolute atomic E-state index is 0.124. The molecule has 2 saturated heterocycles. The van der Waals surface area contributed by atoms with Crippen molar-refractivity contribution in [2.24, 2.45) is 17.6 Å². The van der Waals surface area contributed by atoms with Crippen LogP contribution >= 0.6 is 0 Å². The number of nitrogens with two attached hydrogens (primary N) is 1. The third-order valence-corrected chi connectivity index (χ3v) is 4.88. The quantitative estimate of drug-likeness (QED) is 0.762. The SMILES string of the molecule is NCC(O)(C1CC1)C1CCOC2(CCOC2)C1. The Kier molecular flexibility index (Phi) is 2.94. The lowest BCUT2D eigenvalue weighted by Gasteiger charge is -2.44. The predicted molar refractivity (Wildman–Crippen MR) is 63.6 cm³/mol. The molecule has 0 radical (unpaired) electrons. The topological polar surface area (TPSA) is 64.7 Å². The van der Waals surface area contributed by atoms with E-state index in [9.17, 15) is 5.11 Å². The Morgan fingerprint density at radius 2 is 2.06 bits per heavy atom. The van der Waals surface area contributed by atoms with Crippen LogP contribution in [-0.4, -0.2) is 42.7 Å². The van der Waals surface area contributed by atoms with Crippen LogP contribution in [0.15, 0.2) is 0 Å². The van der Waals surface area contributed by atoms with Crippen LogP contribution < -0.4 is 5.73 Å². The third-order valence-electron chi connectivity index (χ3n) is 4.88. The number of hydrogen-bond donors (Lipinski definition) is 2. The van der Waals surface area contributed by atoms with Crippen LogP contribution in [-0.2, 0) is 9.47 Å². The van der Waals surface area contributed by atoms with Gasteiger partial charge in [0.1, 0.15) is 0 Å². The molecule has 3 aliphatic rings. The predicted octanol–water partition coefficient (Wildman–Crippen LogP) is 0.672. The van der Waals surface area contributed by atoms with E-state index < -0.39 is 5.60 Å². The molecule has 1 aliphatic carbocycles. The highest BCUT2D eigenvalue weighted by atomic mass is 16.6. The minimum Gasteiger partial charge on any atom is -0.388 e. The van der Waals surface area contributed by atoms with E-state index in [1.54, 1.807) is 0 Å². The highest BCUT2D eigenvalue weighted by Gasteiger charge is 2.52. The van der Waals surface area contributed by atoms with E-state index in [0.717, 1.165) is 45.3 Å². The van der Waals surface area contributed by atoms with Gasteiger partial charge in [0.2, 0.25) is 0 Å². The van der Waals surface area contributed by atoms with E-state index in [2.05, 4.69) is 0 Å². The molecule has 1 saturated carbocycles. The molecule has 3 rings (SSSR count). The summed E-state index contributed by atoms with van der Waals surface area (Å²) < 4.78 is 11.4. The molecule has 3 fully saturated rings. The lowest BCUT2D eigenvalue weighted by molar-refractivity contribution is -0.146. The van der Waals surface area contributed by atoms with Gasteiger partial charge in [-0.2, -0.15) is 0 Å². The van der Waals surface area contributed by atoms with Crippen LogP contribution in [0.2, 0.25) is 0 Å². The first-order valence-electron chi connectivity index (χ1n) is 6.83. The Morgan fingerprint density at radius 1 is 1.24 bits per heavy atom. The molecule has 2 heterocycles. The molecular formula is C13H23NO3. The molecule has 0 aromatic carbocycles. The lowest BCUT2D eigenvalue weighted by Crippen LogP contribution is -2.53. The first-order chi connectivity index (χ1) is 8.19. The molecule has 0 bridgehead atoms. The Labute approximate surface area is 102 Å². The normalized spacial score (nSPS) is 41.6. The summed E-state index contributed by atoms with van der Waals surface area (Å²) in [5.74, 6) is 0.713.